The van der Waals surface area contributed by atoms with Gasteiger partial charge in [0.2, 0.25) is 0 Å². The molecule has 1 aliphatic heterocycles. The Labute approximate surface area is 271 Å². The molecule has 0 bridgehead atoms. The van der Waals surface area contributed by atoms with Crippen molar-refractivity contribution in [2.45, 2.75) is 5.41 Å². The molecule has 1 aromatic heterocycles. The summed E-state index contributed by atoms with van der Waals surface area (Å²) in [5.41, 5.74) is 5.89. The smallest absolute Gasteiger partial charge is 0.132 e. The summed E-state index contributed by atoms with van der Waals surface area (Å²) in [5.74, 6) is -0.152. The molecule has 2 nitrogen and oxygen atoms in total. The summed E-state index contributed by atoms with van der Waals surface area (Å²) in [6.07, 6.45) is 0. The van der Waals surface area contributed by atoms with Gasteiger partial charge in [-0.2, -0.15) is 0 Å². The second-order valence-corrected chi connectivity index (χ2v) is 11.5. The second kappa shape index (κ2) is 9.07. The van der Waals surface area contributed by atoms with Gasteiger partial charge in [-0.3, -0.25) is 0 Å². The maximum atomic E-state index is 10.1. The van der Waals surface area contributed by atoms with Crippen LogP contribution in [0.3, 0.4) is 0 Å². The van der Waals surface area contributed by atoms with Crippen molar-refractivity contribution in [2.24, 2.45) is 0 Å². The fourth-order valence-electron chi connectivity index (χ4n) is 7.50. The molecule has 0 saturated heterocycles. The van der Waals surface area contributed by atoms with E-state index in [4.69, 9.17) is 8.85 Å². The third-order valence-electron chi connectivity index (χ3n) is 9.31. The van der Waals surface area contributed by atoms with Gasteiger partial charge in [0.25, 0.3) is 0 Å². The molecule has 1 aliphatic carbocycles. The van der Waals surface area contributed by atoms with E-state index < -0.39 is 17.5 Å². The molecule has 2 aliphatic rings. The average Bonchev–Trinajstić information content (AvgIpc) is 3.66. The first-order valence-electron chi connectivity index (χ1n) is 18.5. The highest BCUT2D eigenvalue weighted by Gasteiger charge is 2.50. The third kappa shape index (κ3) is 3.23. The van der Waals surface area contributed by atoms with Gasteiger partial charge in [0.15, 0.2) is 0 Å². The van der Waals surface area contributed by atoms with E-state index in [0.29, 0.717) is 5.56 Å². The fraction of sp³-hybridized carbons (Fsp3) is 0.0233. The first-order chi connectivity index (χ1) is 25.2. The van der Waals surface area contributed by atoms with Crippen LogP contribution in [0.5, 0.6) is 11.5 Å². The molecule has 2 heteroatoms. The van der Waals surface area contributed by atoms with E-state index in [1.54, 1.807) is 0 Å². The average molecular weight is 581 g/mol. The van der Waals surface area contributed by atoms with Crippen LogP contribution in [-0.4, -0.2) is 4.57 Å². The number of para-hydroxylation sites is 3. The molecule has 0 unspecified atom stereocenters. The van der Waals surface area contributed by atoms with Crippen molar-refractivity contribution in [1.82, 2.24) is 4.57 Å². The van der Waals surface area contributed by atoms with Crippen LogP contribution in [0.25, 0.3) is 49.7 Å². The molecule has 2 heterocycles. The Bertz CT molecular complexity index is 2820. The SMILES string of the molecule is [2H]c1c([2H])c([2H])c2c(c1[2H])Oc1c([2H])c([2H])c(-c3ccc4c5ccccc5n(-c5ccccc5)c4c3)c([2H])c1C21c2ccccc2-c2ccccc21. The van der Waals surface area contributed by atoms with Gasteiger partial charge in [-0.05, 0) is 75.8 Å². The maximum Gasteiger partial charge on any atom is 0.132 e. The van der Waals surface area contributed by atoms with Crippen LogP contribution in [-0.2, 0) is 5.41 Å². The Morgan fingerprint density at radius 3 is 2.00 bits per heavy atom. The number of rotatable bonds is 2. The van der Waals surface area contributed by atoms with Gasteiger partial charge in [0.1, 0.15) is 11.5 Å². The summed E-state index contributed by atoms with van der Waals surface area (Å²) in [6.45, 7) is 0. The Kier molecular flexibility index (Phi) is 3.78. The standard InChI is InChI=1S/C43H27NO/c1-2-12-30(13-3-1)44-39-20-10-6-16-33(39)34-24-22-29(27-40(34)44)28-23-25-42-38(26-28)43(37-19-9-11-21-41(37)45-42)35-17-7-4-14-31(35)32-15-5-8-18-36(32)43/h1-27H/i9D,11D,19D,21D,23D,25D,26D. The highest BCUT2D eigenvalue weighted by atomic mass is 16.5. The van der Waals surface area contributed by atoms with Crippen LogP contribution in [0.15, 0.2) is 164 Å². The van der Waals surface area contributed by atoms with Crippen LogP contribution < -0.4 is 4.74 Å². The van der Waals surface area contributed by atoms with E-state index in [1.807, 2.05) is 109 Å². The number of hydrogen-bond donors (Lipinski definition) is 0. The van der Waals surface area contributed by atoms with Crippen LogP contribution in [0.4, 0.5) is 0 Å². The Morgan fingerprint density at radius 2 is 1.18 bits per heavy atom. The molecule has 0 atom stereocenters. The Morgan fingerprint density at radius 1 is 0.511 bits per heavy atom. The van der Waals surface area contributed by atoms with Crippen LogP contribution in [0, 0.1) is 0 Å². The van der Waals surface area contributed by atoms with E-state index in [-0.39, 0.29) is 58.4 Å². The number of aromatic nitrogens is 1. The summed E-state index contributed by atoms with van der Waals surface area (Å²) in [7, 11) is 0. The lowest BCUT2D eigenvalue weighted by atomic mass is 9.66. The molecule has 10 rings (SSSR count). The molecular weight excluding hydrogens is 546 g/mol. The van der Waals surface area contributed by atoms with Crippen molar-refractivity contribution < 1.29 is 14.3 Å². The van der Waals surface area contributed by atoms with Crippen molar-refractivity contribution in [2.75, 3.05) is 0 Å². The summed E-state index contributed by atoms with van der Waals surface area (Å²) in [4.78, 5) is 0. The van der Waals surface area contributed by atoms with Gasteiger partial charge >= 0.3 is 0 Å². The molecule has 0 fully saturated rings. The van der Waals surface area contributed by atoms with E-state index in [2.05, 4.69) is 16.7 Å². The molecule has 7 aromatic carbocycles. The minimum absolute atomic E-state index is 0.0395. The highest BCUT2D eigenvalue weighted by molar-refractivity contribution is 6.10. The minimum atomic E-state index is -1.44. The topological polar surface area (TPSA) is 14.2 Å². The number of fused-ring (bicyclic) bond motifs is 12. The van der Waals surface area contributed by atoms with Crippen LogP contribution in [0.1, 0.15) is 31.8 Å². The lowest BCUT2D eigenvalue weighted by Gasteiger charge is -2.39. The molecule has 45 heavy (non-hydrogen) atoms. The number of benzene rings is 7. The van der Waals surface area contributed by atoms with Crippen molar-refractivity contribution >= 4 is 21.8 Å². The van der Waals surface area contributed by atoms with E-state index in [1.165, 1.54) is 0 Å². The van der Waals surface area contributed by atoms with Gasteiger partial charge in [-0.25, -0.2) is 0 Å². The molecule has 210 valence electrons. The first kappa shape index (κ1) is 18.7. The summed E-state index contributed by atoms with van der Waals surface area (Å²) in [6, 6.07) is 37.5. The summed E-state index contributed by atoms with van der Waals surface area (Å²) in [5, 5.41) is 2.07. The molecule has 8 aromatic rings. The quantitative estimate of drug-likeness (QED) is 0.198. The predicted octanol–water partition coefficient (Wildman–Crippen LogP) is 10.9. The zero-order valence-electron chi connectivity index (χ0n) is 30.9. The third-order valence-corrected chi connectivity index (χ3v) is 9.31. The fourth-order valence-corrected chi connectivity index (χ4v) is 7.50. The second-order valence-electron chi connectivity index (χ2n) is 11.5. The molecule has 0 saturated carbocycles. The van der Waals surface area contributed by atoms with Gasteiger partial charge in [-0.1, -0.05) is 121 Å². The molecular formula is C43H27NO. The molecule has 0 radical (unpaired) electrons. The van der Waals surface area contributed by atoms with E-state index in [9.17, 15) is 5.48 Å². The van der Waals surface area contributed by atoms with E-state index in [0.717, 1.165) is 49.7 Å². The number of nitrogens with zero attached hydrogens (tertiary/aromatic N) is 1. The normalized spacial score (nSPS) is 15.9. The van der Waals surface area contributed by atoms with Crippen molar-refractivity contribution in [3.05, 3.63) is 186 Å². The maximum absolute atomic E-state index is 10.1. The van der Waals surface area contributed by atoms with Crippen LogP contribution in [0.2, 0.25) is 0 Å². The van der Waals surface area contributed by atoms with Crippen molar-refractivity contribution in [3.8, 4) is 39.4 Å². The molecule has 1 spiro atoms. The number of hydrogen-bond acceptors (Lipinski definition) is 1. The summed E-state index contributed by atoms with van der Waals surface area (Å²) >= 11 is 0. The van der Waals surface area contributed by atoms with E-state index >= 15 is 0 Å². The predicted molar refractivity (Wildman–Crippen MR) is 184 cm³/mol. The molecule has 0 amide bonds. The van der Waals surface area contributed by atoms with Gasteiger partial charge in [0, 0.05) is 27.6 Å². The van der Waals surface area contributed by atoms with Gasteiger partial charge < -0.3 is 9.30 Å². The summed E-state index contributed by atoms with van der Waals surface area (Å²) < 4.78 is 73.1. The van der Waals surface area contributed by atoms with Gasteiger partial charge in [0.05, 0.1) is 26.0 Å². The van der Waals surface area contributed by atoms with Gasteiger partial charge in [-0.15, -0.1) is 0 Å². The van der Waals surface area contributed by atoms with Crippen molar-refractivity contribution in [3.63, 3.8) is 0 Å². The number of ether oxygens (including phenoxy) is 1. The molecule has 0 N–H and O–H groups in total. The zero-order chi connectivity index (χ0) is 35.6. The minimum Gasteiger partial charge on any atom is -0.457 e. The lowest BCUT2D eigenvalue weighted by molar-refractivity contribution is 0.436. The Balaban J connectivity index is 1.35. The first-order valence-corrected chi connectivity index (χ1v) is 15.0. The van der Waals surface area contributed by atoms with Crippen molar-refractivity contribution in [1.29, 1.82) is 0 Å². The lowest BCUT2D eigenvalue weighted by Crippen LogP contribution is -2.32. The Hall–Kier alpha value is -5.86. The monoisotopic (exact) mass is 580 g/mol. The highest BCUT2D eigenvalue weighted by Crippen LogP contribution is 2.62. The van der Waals surface area contributed by atoms with Crippen LogP contribution >= 0.6 is 0 Å². The zero-order valence-corrected chi connectivity index (χ0v) is 23.9. The largest absolute Gasteiger partial charge is 0.457 e.